The zero-order chi connectivity index (χ0) is 10.1. The van der Waals surface area contributed by atoms with Gasteiger partial charge >= 0.3 is 0 Å². The minimum absolute atomic E-state index is 0.0146. The summed E-state index contributed by atoms with van der Waals surface area (Å²) < 4.78 is 5.19. The van der Waals surface area contributed by atoms with Crippen LogP contribution in [0.5, 0.6) is 5.75 Å². The van der Waals surface area contributed by atoms with Crippen LogP contribution in [0.1, 0.15) is 5.56 Å². The molecule has 0 unspecified atom stereocenters. The number of benzene rings is 1. The fourth-order valence-electron chi connectivity index (χ4n) is 1.55. The van der Waals surface area contributed by atoms with Crippen molar-refractivity contribution in [2.24, 2.45) is 0 Å². The van der Waals surface area contributed by atoms with Gasteiger partial charge in [0, 0.05) is 17.6 Å². The highest BCUT2D eigenvalue weighted by Crippen LogP contribution is 2.22. The number of methoxy groups -OCH3 is 1. The second-order valence-electron chi connectivity index (χ2n) is 3.23. The molecule has 1 N–H and O–H groups in total. The van der Waals surface area contributed by atoms with Crippen LogP contribution in [0.4, 0.5) is 0 Å². The molecule has 0 atom stereocenters. The minimum Gasteiger partial charge on any atom is -0.495 e. The van der Waals surface area contributed by atoms with Crippen LogP contribution in [-0.2, 0) is 0 Å². The highest BCUT2D eigenvalue weighted by atomic mass is 16.5. The van der Waals surface area contributed by atoms with Crippen molar-refractivity contribution in [2.75, 3.05) is 7.11 Å². The Morgan fingerprint density at radius 3 is 2.86 bits per heavy atom. The molecule has 0 fully saturated rings. The molecule has 72 valence electrons. The van der Waals surface area contributed by atoms with Gasteiger partial charge in [-0.2, -0.15) is 0 Å². The van der Waals surface area contributed by atoms with Crippen LogP contribution < -0.4 is 10.2 Å². The third-order valence-electron chi connectivity index (χ3n) is 2.19. The average molecular weight is 189 g/mol. The fourth-order valence-corrected chi connectivity index (χ4v) is 1.55. The van der Waals surface area contributed by atoms with Crippen molar-refractivity contribution in [1.29, 1.82) is 0 Å². The number of hydrogen-bond donors (Lipinski definition) is 1. The zero-order valence-electron chi connectivity index (χ0n) is 8.13. The van der Waals surface area contributed by atoms with Crippen LogP contribution in [0.15, 0.2) is 29.2 Å². The Kier molecular flexibility index (Phi) is 2.00. The summed E-state index contributed by atoms with van der Waals surface area (Å²) in [5.41, 5.74) is 1.79. The molecule has 1 aromatic carbocycles. The molecule has 0 aliphatic rings. The lowest BCUT2D eigenvalue weighted by Crippen LogP contribution is -2.01. The molecule has 0 aliphatic heterocycles. The number of aromatic amines is 1. The Balaban J connectivity index is 2.95. The summed E-state index contributed by atoms with van der Waals surface area (Å²) in [5, 5.41) is 0.671. The topological polar surface area (TPSA) is 42.1 Å². The van der Waals surface area contributed by atoms with E-state index in [1.807, 2.05) is 19.1 Å². The molecule has 14 heavy (non-hydrogen) atoms. The highest BCUT2D eigenvalue weighted by molar-refractivity contribution is 5.84. The minimum atomic E-state index is 0.0146. The van der Waals surface area contributed by atoms with E-state index < -0.39 is 0 Å². The number of rotatable bonds is 1. The van der Waals surface area contributed by atoms with Crippen LogP contribution in [0.3, 0.4) is 0 Å². The van der Waals surface area contributed by atoms with Gasteiger partial charge in [-0.1, -0.05) is 0 Å². The first kappa shape index (κ1) is 8.81. The standard InChI is InChI=1S/C11H11NO2/c1-7-5-8-9(13)3-4-12-11(8)10(6-7)14-2/h3-6H,1-2H3,(H,12,13). The van der Waals surface area contributed by atoms with Gasteiger partial charge in [-0.3, -0.25) is 4.79 Å². The Morgan fingerprint density at radius 2 is 2.14 bits per heavy atom. The van der Waals surface area contributed by atoms with Crippen LogP contribution >= 0.6 is 0 Å². The van der Waals surface area contributed by atoms with Gasteiger partial charge in [-0.05, 0) is 24.6 Å². The summed E-state index contributed by atoms with van der Waals surface area (Å²) in [6, 6.07) is 5.27. The van der Waals surface area contributed by atoms with Crippen LogP contribution in [-0.4, -0.2) is 12.1 Å². The molecule has 3 nitrogen and oxygen atoms in total. The fraction of sp³-hybridized carbons (Fsp3) is 0.182. The third kappa shape index (κ3) is 1.27. The number of aryl methyl sites for hydroxylation is 1. The van der Waals surface area contributed by atoms with E-state index in [4.69, 9.17) is 4.74 Å². The molecule has 0 amide bonds. The first-order valence-electron chi connectivity index (χ1n) is 4.38. The van der Waals surface area contributed by atoms with Crippen molar-refractivity contribution >= 4 is 10.9 Å². The lowest BCUT2D eigenvalue weighted by molar-refractivity contribution is 0.418. The highest BCUT2D eigenvalue weighted by Gasteiger charge is 2.04. The molecule has 0 spiro atoms. The molecular formula is C11H11NO2. The summed E-state index contributed by atoms with van der Waals surface area (Å²) in [5.74, 6) is 0.706. The molecule has 3 heteroatoms. The maximum atomic E-state index is 11.5. The van der Waals surface area contributed by atoms with Crippen molar-refractivity contribution < 1.29 is 4.74 Å². The van der Waals surface area contributed by atoms with Crippen molar-refractivity contribution in [1.82, 2.24) is 4.98 Å². The van der Waals surface area contributed by atoms with Crippen molar-refractivity contribution in [2.45, 2.75) is 6.92 Å². The van der Waals surface area contributed by atoms with Crippen LogP contribution in [0.25, 0.3) is 10.9 Å². The van der Waals surface area contributed by atoms with E-state index in [-0.39, 0.29) is 5.43 Å². The van der Waals surface area contributed by atoms with Gasteiger partial charge in [-0.25, -0.2) is 0 Å². The molecule has 0 bridgehead atoms. The molecular weight excluding hydrogens is 178 g/mol. The van der Waals surface area contributed by atoms with E-state index >= 15 is 0 Å². The summed E-state index contributed by atoms with van der Waals surface area (Å²) in [6.07, 6.45) is 1.63. The van der Waals surface area contributed by atoms with E-state index in [2.05, 4.69) is 4.98 Å². The smallest absolute Gasteiger partial charge is 0.189 e. The van der Waals surface area contributed by atoms with Crippen molar-refractivity contribution in [3.8, 4) is 5.75 Å². The van der Waals surface area contributed by atoms with Gasteiger partial charge in [0.05, 0.1) is 12.6 Å². The average Bonchev–Trinajstić information content (AvgIpc) is 2.18. The Morgan fingerprint density at radius 1 is 1.36 bits per heavy atom. The summed E-state index contributed by atoms with van der Waals surface area (Å²) in [7, 11) is 1.60. The van der Waals surface area contributed by atoms with Gasteiger partial charge < -0.3 is 9.72 Å². The second kappa shape index (κ2) is 3.18. The normalized spacial score (nSPS) is 10.4. The Bertz CT molecular complexity index is 528. The number of pyridine rings is 1. The van der Waals surface area contributed by atoms with E-state index in [9.17, 15) is 4.79 Å². The van der Waals surface area contributed by atoms with Gasteiger partial charge in [0.15, 0.2) is 5.43 Å². The van der Waals surface area contributed by atoms with E-state index in [0.29, 0.717) is 11.1 Å². The van der Waals surface area contributed by atoms with Crippen molar-refractivity contribution in [3.63, 3.8) is 0 Å². The lowest BCUT2D eigenvalue weighted by atomic mass is 10.1. The van der Waals surface area contributed by atoms with Gasteiger partial charge in [0.2, 0.25) is 0 Å². The van der Waals surface area contributed by atoms with E-state index in [1.54, 1.807) is 13.3 Å². The number of ether oxygens (including phenoxy) is 1. The molecule has 0 saturated carbocycles. The molecule has 0 radical (unpaired) electrons. The monoisotopic (exact) mass is 189 g/mol. The van der Waals surface area contributed by atoms with Crippen molar-refractivity contribution in [3.05, 3.63) is 40.2 Å². The largest absolute Gasteiger partial charge is 0.495 e. The molecule has 1 aromatic heterocycles. The van der Waals surface area contributed by atoms with Crippen LogP contribution in [0, 0.1) is 6.92 Å². The quantitative estimate of drug-likeness (QED) is 0.743. The van der Waals surface area contributed by atoms with Crippen LogP contribution in [0.2, 0.25) is 0 Å². The Labute approximate surface area is 81.3 Å². The predicted molar refractivity (Wildman–Crippen MR) is 55.9 cm³/mol. The van der Waals surface area contributed by atoms with E-state index in [1.165, 1.54) is 6.07 Å². The molecule has 2 rings (SSSR count). The Hall–Kier alpha value is -1.77. The van der Waals surface area contributed by atoms with E-state index in [0.717, 1.165) is 11.1 Å². The van der Waals surface area contributed by atoms with Gasteiger partial charge in [-0.15, -0.1) is 0 Å². The second-order valence-corrected chi connectivity index (χ2v) is 3.23. The third-order valence-corrected chi connectivity index (χ3v) is 2.19. The van der Waals surface area contributed by atoms with Gasteiger partial charge in [0.25, 0.3) is 0 Å². The summed E-state index contributed by atoms with van der Waals surface area (Å²) in [6.45, 7) is 1.94. The molecule has 1 heterocycles. The SMILES string of the molecule is COc1cc(C)cc2c(=O)cc[nH]c12. The number of H-pyrrole nitrogens is 1. The predicted octanol–water partition coefficient (Wildman–Crippen LogP) is 1.85. The number of fused-ring (bicyclic) bond motifs is 1. The first-order valence-corrected chi connectivity index (χ1v) is 4.38. The zero-order valence-corrected chi connectivity index (χ0v) is 8.13. The number of nitrogens with one attached hydrogen (secondary N) is 1. The summed E-state index contributed by atoms with van der Waals surface area (Å²) >= 11 is 0. The molecule has 0 saturated heterocycles. The maximum absolute atomic E-state index is 11.5. The molecule has 0 aliphatic carbocycles. The first-order chi connectivity index (χ1) is 6.72. The van der Waals surface area contributed by atoms with Gasteiger partial charge in [0.1, 0.15) is 5.75 Å². The number of aromatic nitrogens is 1. The molecule has 2 aromatic rings. The lowest BCUT2D eigenvalue weighted by Gasteiger charge is -2.05. The summed E-state index contributed by atoms with van der Waals surface area (Å²) in [4.78, 5) is 14.5. The maximum Gasteiger partial charge on any atom is 0.189 e. The number of hydrogen-bond acceptors (Lipinski definition) is 2.